The van der Waals surface area contributed by atoms with Crippen molar-refractivity contribution in [3.63, 3.8) is 0 Å². The van der Waals surface area contributed by atoms with Gasteiger partial charge in [-0.15, -0.1) is 5.10 Å². The Morgan fingerprint density at radius 2 is 2.10 bits per heavy atom. The molecular weight excluding hydrogens is 252 g/mol. The van der Waals surface area contributed by atoms with E-state index in [0.717, 1.165) is 51.1 Å². The molecule has 5 heteroatoms. The van der Waals surface area contributed by atoms with Crippen LogP contribution in [0.2, 0.25) is 0 Å². The summed E-state index contributed by atoms with van der Waals surface area (Å²) in [6.07, 6.45) is 6.48. The lowest BCUT2D eigenvalue weighted by Gasteiger charge is -2.43. The average Bonchev–Trinajstić information content (AvgIpc) is 2.89. The third-order valence-corrected chi connectivity index (χ3v) is 4.63. The van der Waals surface area contributed by atoms with E-state index in [0.29, 0.717) is 6.04 Å². The second kappa shape index (κ2) is 5.11. The van der Waals surface area contributed by atoms with Crippen molar-refractivity contribution in [2.24, 2.45) is 0 Å². The normalized spacial score (nSPS) is 26.9. The number of nitrogens with one attached hydrogen (secondary N) is 1. The molecule has 0 amide bonds. The van der Waals surface area contributed by atoms with Crippen LogP contribution in [-0.4, -0.2) is 40.3 Å². The van der Waals surface area contributed by atoms with Crippen molar-refractivity contribution >= 4 is 0 Å². The molecule has 1 atom stereocenters. The van der Waals surface area contributed by atoms with Crippen LogP contribution in [0.15, 0.2) is 6.20 Å². The Morgan fingerprint density at radius 1 is 1.35 bits per heavy atom. The second-order valence-electron chi connectivity index (χ2n) is 7.26. The molecule has 1 N–H and O–H groups in total. The molecule has 0 aromatic carbocycles. The molecule has 3 heterocycles. The number of hydrogen-bond donors (Lipinski definition) is 1. The van der Waals surface area contributed by atoms with Gasteiger partial charge in [0.1, 0.15) is 0 Å². The largest absolute Gasteiger partial charge is 0.375 e. The first-order valence-electron chi connectivity index (χ1n) is 7.76. The van der Waals surface area contributed by atoms with Crippen LogP contribution in [0.25, 0.3) is 0 Å². The predicted octanol–water partition coefficient (Wildman–Crippen LogP) is 2.05. The first-order chi connectivity index (χ1) is 9.49. The number of ether oxygens (including phenoxy) is 1. The van der Waals surface area contributed by atoms with Gasteiger partial charge in [0.2, 0.25) is 0 Å². The van der Waals surface area contributed by atoms with E-state index in [1.165, 1.54) is 0 Å². The molecule has 0 radical (unpaired) electrons. The highest BCUT2D eigenvalue weighted by Crippen LogP contribution is 2.38. The summed E-state index contributed by atoms with van der Waals surface area (Å²) in [5.41, 5.74) is 1.21. The van der Waals surface area contributed by atoms with Gasteiger partial charge >= 0.3 is 0 Å². The minimum atomic E-state index is 0.0653. The summed E-state index contributed by atoms with van der Waals surface area (Å²) >= 11 is 0. The van der Waals surface area contributed by atoms with E-state index < -0.39 is 0 Å². The zero-order valence-corrected chi connectivity index (χ0v) is 12.9. The molecule has 0 aliphatic carbocycles. The summed E-state index contributed by atoms with van der Waals surface area (Å²) in [5.74, 6) is 0. The first kappa shape index (κ1) is 14.0. The van der Waals surface area contributed by atoms with Crippen LogP contribution in [-0.2, 0) is 10.2 Å². The van der Waals surface area contributed by atoms with Gasteiger partial charge in [0.15, 0.2) is 0 Å². The molecule has 2 fully saturated rings. The van der Waals surface area contributed by atoms with Gasteiger partial charge in [-0.25, -0.2) is 4.68 Å². The highest BCUT2D eigenvalue weighted by Gasteiger charge is 2.39. The number of rotatable bonds is 1. The number of aromatic nitrogens is 3. The first-order valence-corrected chi connectivity index (χ1v) is 7.76. The van der Waals surface area contributed by atoms with Gasteiger partial charge in [-0.1, -0.05) is 26.0 Å². The summed E-state index contributed by atoms with van der Waals surface area (Å²) in [7, 11) is 0. The number of hydrogen-bond acceptors (Lipinski definition) is 4. The van der Waals surface area contributed by atoms with Gasteiger partial charge in [0.25, 0.3) is 0 Å². The monoisotopic (exact) mass is 278 g/mol. The standard InChI is InChI=1S/C15H26N4O/c1-14(2,3)13-11-19(18-17-13)12-4-9-20-15(10-12)5-7-16-8-6-15/h11-12,16H,4-10H2,1-3H3. The van der Waals surface area contributed by atoms with Gasteiger partial charge < -0.3 is 10.1 Å². The summed E-state index contributed by atoms with van der Waals surface area (Å²) in [4.78, 5) is 0. The summed E-state index contributed by atoms with van der Waals surface area (Å²) < 4.78 is 8.21. The molecule has 1 aromatic heterocycles. The molecule has 20 heavy (non-hydrogen) atoms. The Hall–Kier alpha value is -0.940. The van der Waals surface area contributed by atoms with E-state index in [-0.39, 0.29) is 11.0 Å². The predicted molar refractivity (Wildman–Crippen MR) is 77.8 cm³/mol. The van der Waals surface area contributed by atoms with Gasteiger partial charge in [-0.05, 0) is 38.8 Å². The van der Waals surface area contributed by atoms with Gasteiger partial charge in [0, 0.05) is 18.2 Å². The molecule has 5 nitrogen and oxygen atoms in total. The summed E-state index contributed by atoms with van der Waals surface area (Å²) in [6, 6.07) is 0.436. The molecule has 1 unspecified atom stereocenters. The van der Waals surface area contributed by atoms with Crippen LogP contribution < -0.4 is 5.32 Å². The van der Waals surface area contributed by atoms with E-state index >= 15 is 0 Å². The fourth-order valence-corrected chi connectivity index (χ4v) is 3.26. The third kappa shape index (κ3) is 2.74. The molecule has 3 rings (SSSR count). The van der Waals surface area contributed by atoms with E-state index in [2.05, 4.69) is 47.3 Å². The maximum atomic E-state index is 6.13. The number of nitrogens with zero attached hydrogens (tertiary/aromatic N) is 3. The quantitative estimate of drug-likeness (QED) is 0.854. The lowest BCUT2D eigenvalue weighted by atomic mass is 9.83. The third-order valence-electron chi connectivity index (χ3n) is 4.63. The Bertz CT molecular complexity index is 451. The van der Waals surface area contributed by atoms with Gasteiger partial charge in [-0.3, -0.25) is 0 Å². The van der Waals surface area contributed by atoms with Gasteiger partial charge in [0.05, 0.1) is 17.3 Å². The molecule has 1 aromatic rings. The van der Waals surface area contributed by atoms with Crippen LogP contribution in [0.5, 0.6) is 0 Å². The van der Waals surface area contributed by atoms with Gasteiger partial charge in [-0.2, -0.15) is 0 Å². The smallest absolute Gasteiger partial charge is 0.0880 e. The lowest BCUT2D eigenvalue weighted by molar-refractivity contribution is -0.112. The van der Waals surface area contributed by atoms with Crippen LogP contribution >= 0.6 is 0 Å². The molecule has 112 valence electrons. The molecule has 1 spiro atoms. The molecule has 2 aliphatic rings. The minimum absolute atomic E-state index is 0.0653. The van der Waals surface area contributed by atoms with E-state index in [4.69, 9.17) is 4.74 Å². The average molecular weight is 278 g/mol. The molecule has 0 bridgehead atoms. The van der Waals surface area contributed by atoms with Crippen LogP contribution in [0.3, 0.4) is 0 Å². The number of piperidine rings is 1. The molecule has 2 saturated heterocycles. The van der Waals surface area contributed by atoms with E-state index in [1.54, 1.807) is 0 Å². The second-order valence-corrected chi connectivity index (χ2v) is 7.26. The molecule has 2 aliphatic heterocycles. The van der Waals surface area contributed by atoms with Crippen molar-refractivity contribution in [1.29, 1.82) is 0 Å². The topological polar surface area (TPSA) is 52.0 Å². The maximum Gasteiger partial charge on any atom is 0.0880 e. The Balaban J connectivity index is 1.75. The Labute approximate surface area is 121 Å². The Morgan fingerprint density at radius 3 is 2.75 bits per heavy atom. The fourth-order valence-electron chi connectivity index (χ4n) is 3.26. The van der Waals surface area contributed by atoms with Crippen LogP contribution in [0, 0.1) is 0 Å². The zero-order chi connectivity index (χ0) is 14.2. The van der Waals surface area contributed by atoms with E-state index in [9.17, 15) is 0 Å². The fraction of sp³-hybridized carbons (Fsp3) is 0.867. The highest BCUT2D eigenvalue weighted by molar-refractivity contribution is 5.07. The summed E-state index contributed by atoms with van der Waals surface area (Å²) in [5, 5.41) is 12.2. The van der Waals surface area contributed by atoms with Crippen LogP contribution in [0.4, 0.5) is 0 Å². The maximum absolute atomic E-state index is 6.13. The molecular formula is C15H26N4O. The summed E-state index contributed by atoms with van der Waals surface area (Å²) in [6.45, 7) is 9.52. The van der Waals surface area contributed by atoms with Crippen molar-refractivity contribution in [1.82, 2.24) is 20.3 Å². The lowest BCUT2D eigenvalue weighted by Crippen LogP contribution is -2.48. The molecule has 0 saturated carbocycles. The zero-order valence-electron chi connectivity index (χ0n) is 12.9. The minimum Gasteiger partial charge on any atom is -0.375 e. The van der Waals surface area contributed by atoms with Crippen molar-refractivity contribution in [3.05, 3.63) is 11.9 Å². The van der Waals surface area contributed by atoms with Crippen LogP contribution in [0.1, 0.15) is 58.2 Å². The van der Waals surface area contributed by atoms with Crippen molar-refractivity contribution in [2.75, 3.05) is 19.7 Å². The Kier molecular flexibility index (Phi) is 3.58. The van der Waals surface area contributed by atoms with Crippen molar-refractivity contribution in [3.8, 4) is 0 Å². The SMILES string of the molecule is CC(C)(C)c1cn(C2CCOC3(CCNCC3)C2)nn1. The van der Waals surface area contributed by atoms with E-state index in [1.807, 2.05) is 0 Å². The highest BCUT2D eigenvalue weighted by atomic mass is 16.5. The van der Waals surface area contributed by atoms with Crippen molar-refractivity contribution in [2.45, 2.75) is 63.5 Å². The van der Waals surface area contributed by atoms with Crippen molar-refractivity contribution < 1.29 is 4.74 Å².